The van der Waals surface area contributed by atoms with Crippen LogP contribution >= 0.6 is 0 Å². The van der Waals surface area contributed by atoms with Crippen molar-refractivity contribution >= 4 is 17.4 Å². The van der Waals surface area contributed by atoms with Crippen LogP contribution in [-0.2, 0) is 11.3 Å². The number of nitrogens with zero attached hydrogens (tertiary/aromatic N) is 2. The number of carbonyl (C=O) groups is 1. The van der Waals surface area contributed by atoms with Gasteiger partial charge in [0.15, 0.2) is 0 Å². The van der Waals surface area contributed by atoms with Gasteiger partial charge in [-0.25, -0.2) is 0 Å². The predicted octanol–water partition coefficient (Wildman–Crippen LogP) is 1.12. The standard InChI is InChI=1S/C12H14N4O2/c1-8-6-16(15-12(8)13)7-11(18)14-9-2-4-10(17)5-3-9/h2-6,17H,7H2,1H3,(H2,13,15)(H,14,18). The predicted molar refractivity (Wildman–Crippen MR) is 68.1 cm³/mol. The van der Waals surface area contributed by atoms with Crippen LogP contribution in [0, 0.1) is 6.92 Å². The van der Waals surface area contributed by atoms with Gasteiger partial charge in [-0.1, -0.05) is 0 Å². The van der Waals surface area contributed by atoms with E-state index in [9.17, 15) is 4.79 Å². The van der Waals surface area contributed by atoms with Crippen molar-refractivity contribution in [3.63, 3.8) is 0 Å². The second kappa shape index (κ2) is 4.79. The molecule has 6 nitrogen and oxygen atoms in total. The Morgan fingerprint density at radius 1 is 1.44 bits per heavy atom. The molecule has 6 heteroatoms. The number of benzene rings is 1. The molecule has 1 aromatic carbocycles. The van der Waals surface area contributed by atoms with E-state index in [-0.39, 0.29) is 18.2 Å². The van der Waals surface area contributed by atoms with Gasteiger partial charge in [0.2, 0.25) is 5.91 Å². The van der Waals surface area contributed by atoms with Gasteiger partial charge in [-0.15, -0.1) is 0 Å². The first-order valence-electron chi connectivity index (χ1n) is 5.43. The summed E-state index contributed by atoms with van der Waals surface area (Å²) in [4.78, 5) is 11.7. The van der Waals surface area contributed by atoms with Crippen molar-refractivity contribution < 1.29 is 9.90 Å². The quantitative estimate of drug-likeness (QED) is 0.707. The Morgan fingerprint density at radius 2 is 2.11 bits per heavy atom. The molecule has 0 saturated carbocycles. The van der Waals surface area contributed by atoms with E-state index >= 15 is 0 Å². The van der Waals surface area contributed by atoms with E-state index in [0.717, 1.165) is 5.56 Å². The molecule has 1 amide bonds. The number of anilines is 2. The lowest BCUT2D eigenvalue weighted by Gasteiger charge is -2.05. The van der Waals surface area contributed by atoms with Crippen LogP contribution < -0.4 is 11.1 Å². The Balaban J connectivity index is 1.98. The van der Waals surface area contributed by atoms with Crippen molar-refractivity contribution in [2.45, 2.75) is 13.5 Å². The Morgan fingerprint density at radius 3 is 2.67 bits per heavy atom. The van der Waals surface area contributed by atoms with Crippen LogP contribution in [0.2, 0.25) is 0 Å². The fourth-order valence-electron chi connectivity index (χ4n) is 1.51. The third-order valence-corrected chi connectivity index (χ3v) is 2.44. The van der Waals surface area contributed by atoms with Crippen molar-refractivity contribution in [3.05, 3.63) is 36.0 Å². The Hall–Kier alpha value is -2.50. The van der Waals surface area contributed by atoms with Crippen LogP contribution in [0.25, 0.3) is 0 Å². The summed E-state index contributed by atoms with van der Waals surface area (Å²) in [5.74, 6) is 0.374. The molecule has 18 heavy (non-hydrogen) atoms. The summed E-state index contributed by atoms with van der Waals surface area (Å²) < 4.78 is 1.49. The summed E-state index contributed by atoms with van der Waals surface area (Å²) in [5, 5.41) is 15.8. The molecular weight excluding hydrogens is 232 g/mol. The number of hydrogen-bond donors (Lipinski definition) is 3. The molecule has 0 saturated heterocycles. The molecular formula is C12H14N4O2. The van der Waals surface area contributed by atoms with Crippen LogP contribution in [-0.4, -0.2) is 20.8 Å². The minimum Gasteiger partial charge on any atom is -0.508 e. The van der Waals surface area contributed by atoms with Gasteiger partial charge in [-0.05, 0) is 31.2 Å². The topological polar surface area (TPSA) is 93.2 Å². The monoisotopic (exact) mass is 246 g/mol. The molecule has 2 aromatic rings. The second-order valence-corrected chi connectivity index (χ2v) is 3.99. The van der Waals surface area contributed by atoms with Crippen LogP contribution in [0.5, 0.6) is 5.75 Å². The first-order chi connectivity index (χ1) is 8.54. The molecule has 94 valence electrons. The molecule has 0 aliphatic carbocycles. The van der Waals surface area contributed by atoms with Gasteiger partial charge in [0.25, 0.3) is 0 Å². The Kier molecular flexibility index (Phi) is 3.18. The normalized spacial score (nSPS) is 10.3. The van der Waals surface area contributed by atoms with E-state index in [4.69, 9.17) is 10.8 Å². The summed E-state index contributed by atoms with van der Waals surface area (Å²) in [6, 6.07) is 6.25. The number of aromatic hydroxyl groups is 1. The highest BCUT2D eigenvalue weighted by atomic mass is 16.3. The van der Waals surface area contributed by atoms with Crippen molar-refractivity contribution in [1.82, 2.24) is 9.78 Å². The lowest BCUT2D eigenvalue weighted by atomic mass is 10.3. The van der Waals surface area contributed by atoms with E-state index in [1.807, 2.05) is 6.92 Å². The highest BCUT2D eigenvalue weighted by Crippen LogP contribution is 2.13. The number of phenolic OH excluding ortho intramolecular Hbond substituents is 1. The van der Waals surface area contributed by atoms with Gasteiger partial charge in [-0.3, -0.25) is 9.48 Å². The number of nitrogen functional groups attached to an aromatic ring is 1. The molecule has 0 radical (unpaired) electrons. The zero-order valence-electron chi connectivity index (χ0n) is 9.92. The zero-order valence-corrected chi connectivity index (χ0v) is 9.92. The summed E-state index contributed by atoms with van der Waals surface area (Å²) in [5.41, 5.74) is 7.05. The third-order valence-electron chi connectivity index (χ3n) is 2.44. The van der Waals surface area contributed by atoms with Gasteiger partial charge in [-0.2, -0.15) is 5.10 Å². The van der Waals surface area contributed by atoms with Crippen LogP contribution in [0.3, 0.4) is 0 Å². The molecule has 2 rings (SSSR count). The first kappa shape index (κ1) is 12.0. The second-order valence-electron chi connectivity index (χ2n) is 3.99. The van der Waals surface area contributed by atoms with Gasteiger partial charge in [0.05, 0.1) is 0 Å². The first-order valence-corrected chi connectivity index (χ1v) is 5.43. The van der Waals surface area contributed by atoms with Gasteiger partial charge in [0.1, 0.15) is 18.1 Å². The highest BCUT2D eigenvalue weighted by Gasteiger charge is 2.06. The van der Waals surface area contributed by atoms with Gasteiger partial charge < -0.3 is 16.2 Å². The average Bonchev–Trinajstić information content (AvgIpc) is 2.61. The summed E-state index contributed by atoms with van der Waals surface area (Å²) in [6.45, 7) is 1.93. The van der Waals surface area contributed by atoms with Crippen LogP contribution in [0.15, 0.2) is 30.5 Å². The number of nitrogens with one attached hydrogen (secondary N) is 1. The molecule has 0 atom stereocenters. The summed E-state index contributed by atoms with van der Waals surface area (Å²) >= 11 is 0. The SMILES string of the molecule is Cc1cn(CC(=O)Nc2ccc(O)cc2)nc1N. The van der Waals surface area contributed by atoms with Crippen LogP contribution in [0.1, 0.15) is 5.56 Å². The largest absolute Gasteiger partial charge is 0.508 e. The molecule has 1 heterocycles. The lowest BCUT2D eigenvalue weighted by Crippen LogP contribution is -2.19. The van der Waals surface area contributed by atoms with E-state index in [2.05, 4.69) is 10.4 Å². The summed E-state index contributed by atoms with van der Waals surface area (Å²) in [6.07, 6.45) is 1.71. The van der Waals surface area contributed by atoms with E-state index < -0.39 is 0 Å². The lowest BCUT2D eigenvalue weighted by molar-refractivity contribution is -0.116. The molecule has 0 aliphatic rings. The molecule has 1 aromatic heterocycles. The smallest absolute Gasteiger partial charge is 0.246 e. The van der Waals surface area contributed by atoms with E-state index in [1.54, 1.807) is 18.3 Å². The summed E-state index contributed by atoms with van der Waals surface area (Å²) in [7, 11) is 0. The number of hydrogen-bond acceptors (Lipinski definition) is 4. The fourth-order valence-corrected chi connectivity index (χ4v) is 1.51. The van der Waals surface area contributed by atoms with E-state index in [0.29, 0.717) is 11.5 Å². The number of carbonyl (C=O) groups excluding carboxylic acids is 1. The van der Waals surface area contributed by atoms with Crippen molar-refractivity contribution in [3.8, 4) is 5.75 Å². The maximum atomic E-state index is 11.7. The van der Waals surface area contributed by atoms with Gasteiger partial charge in [0, 0.05) is 17.4 Å². The van der Waals surface area contributed by atoms with E-state index in [1.165, 1.54) is 16.8 Å². The minimum absolute atomic E-state index is 0.0961. The molecule has 0 spiro atoms. The molecule has 0 bridgehead atoms. The highest BCUT2D eigenvalue weighted by molar-refractivity contribution is 5.90. The molecule has 0 aliphatic heterocycles. The number of rotatable bonds is 3. The Bertz CT molecular complexity index is 540. The Labute approximate surface area is 104 Å². The number of phenols is 1. The van der Waals surface area contributed by atoms with Crippen molar-refractivity contribution in [2.24, 2.45) is 0 Å². The molecule has 0 fully saturated rings. The number of nitrogens with two attached hydrogens (primary N) is 1. The maximum absolute atomic E-state index is 11.7. The number of aryl methyl sites for hydroxylation is 1. The van der Waals surface area contributed by atoms with Gasteiger partial charge >= 0.3 is 0 Å². The van der Waals surface area contributed by atoms with Crippen molar-refractivity contribution in [2.75, 3.05) is 11.1 Å². The van der Waals surface area contributed by atoms with Crippen LogP contribution in [0.4, 0.5) is 11.5 Å². The fraction of sp³-hybridized carbons (Fsp3) is 0.167. The number of amides is 1. The third kappa shape index (κ3) is 2.79. The molecule has 4 N–H and O–H groups in total. The number of aromatic nitrogens is 2. The average molecular weight is 246 g/mol. The molecule has 0 unspecified atom stereocenters. The maximum Gasteiger partial charge on any atom is 0.246 e. The zero-order chi connectivity index (χ0) is 13.1. The van der Waals surface area contributed by atoms with Crippen molar-refractivity contribution in [1.29, 1.82) is 0 Å². The minimum atomic E-state index is -0.205.